The number of ether oxygens (including phenoxy) is 3. The van der Waals surface area contributed by atoms with Crippen LogP contribution >= 0.6 is 0 Å². The summed E-state index contributed by atoms with van der Waals surface area (Å²) in [5, 5.41) is 0. The number of esters is 3. The molecule has 0 radical (unpaired) electrons. The van der Waals surface area contributed by atoms with Crippen molar-refractivity contribution in [1.29, 1.82) is 0 Å². The van der Waals surface area contributed by atoms with Gasteiger partial charge in [-0.1, -0.05) is 318 Å². The van der Waals surface area contributed by atoms with E-state index in [1.807, 2.05) is 0 Å². The van der Waals surface area contributed by atoms with Crippen LogP contribution in [0.5, 0.6) is 0 Å². The number of carbonyl (C=O) groups is 3. The molecule has 1 unspecified atom stereocenters. The van der Waals surface area contributed by atoms with Gasteiger partial charge >= 0.3 is 17.9 Å². The van der Waals surface area contributed by atoms with Crippen LogP contribution in [0.2, 0.25) is 0 Å². The molecule has 6 nitrogen and oxygen atoms in total. The van der Waals surface area contributed by atoms with E-state index < -0.39 is 6.10 Å². The first-order valence-corrected chi connectivity index (χ1v) is 34.4. The number of allylic oxidation sites excluding steroid dienone is 12. The Morgan fingerprint density at radius 3 is 0.785 bits per heavy atom. The topological polar surface area (TPSA) is 78.9 Å². The maximum atomic E-state index is 12.9. The van der Waals surface area contributed by atoms with Crippen molar-refractivity contribution in [1.82, 2.24) is 0 Å². The van der Waals surface area contributed by atoms with Crippen molar-refractivity contribution in [2.45, 2.75) is 361 Å². The summed E-state index contributed by atoms with van der Waals surface area (Å²) in [5.74, 6) is -0.857. The van der Waals surface area contributed by atoms with Crippen molar-refractivity contribution < 1.29 is 28.6 Å². The van der Waals surface area contributed by atoms with Gasteiger partial charge in [0.15, 0.2) is 6.10 Å². The van der Waals surface area contributed by atoms with Gasteiger partial charge in [-0.25, -0.2) is 0 Å². The van der Waals surface area contributed by atoms with Crippen LogP contribution < -0.4 is 0 Å². The van der Waals surface area contributed by atoms with Crippen molar-refractivity contribution in [3.05, 3.63) is 72.9 Å². The van der Waals surface area contributed by atoms with E-state index >= 15 is 0 Å². The predicted molar refractivity (Wildman–Crippen MR) is 344 cm³/mol. The van der Waals surface area contributed by atoms with Gasteiger partial charge < -0.3 is 14.2 Å². The second-order valence-corrected chi connectivity index (χ2v) is 23.1. The maximum absolute atomic E-state index is 12.9. The molecule has 0 aromatic rings. The molecule has 0 fully saturated rings. The Morgan fingerprint density at radius 1 is 0.266 bits per heavy atom. The monoisotopic (exact) mass is 1100 g/mol. The Labute approximate surface area is 491 Å². The van der Waals surface area contributed by atoms with Crippen molar-refractivity contribution in [3.8, 4) is 0 Å². The Balaban J connectivity index is 4.23. The molecule has 0 heterocycles. The van der Waals surface area contributed by atoms with Crippen LogP contribution in [-0.4, -0.2) is 37.2 Å². The highest BCUT2D eigenvalue weighted by Gasteiger charge is 2.19. The third-order valence-electron chi connectivity index (χ3n) is 15.2. The molecule has 0 saturated heterocycles. The molecule has 0 aromatic heterocycles. The summed E-state index contributed by atoms with van der Waals surface area (Å²) in [5.41, 5.74) is 0. The van der Waals surface area contributed by atoms with Crippen LogP contribution in [0.25, 0.3) is 0 Å². The van der Waals surface area contributed by atoms with Crippen LogP contribution in [0.3, 0.4) is 0 Å². The SMILES string of the molecule is CC/C=C\C/C=C\C/C=C\C/C=C\C/C=C\CCCCCCCCCCCCCC(=O)OCC(COC(=O)CCCCCCCCCCCCC)OC(=O)CCCCCCCCCCCCC/C=C\CCCCCCCCCC. The van der Waals surface area contributed by atoms with Crippen LogP contribution in [0.15, 0.2) is 72.9 Å². The Bertz CT molecular complexity index is 1450. The molecule has 6 heteroatoms. The molecule has 1 atom stereocenters. The normalized spacial score (nSPS) is 12.5. The summed E-state index contributed by atoms with van der Waals surface area (Å²) in [6.07, 6.45) is 87.8. The number of hydrogen-bond acceptors (Lipinski definition) is 6. The first-order chi connectivity index (χ1) is 39.0. The van der Waals surface area contributed by atoms with E-state index in [0.717, 1.165) is 89.9 Å². The van der Waals surface area contributed by atoms with E-state index in [2.05, 4.69) is 93.7 Å². The third kappa shape index (κ3) is 65.5. The molecule has 0 saturated carbocycles. The molecule has 0 aliphatic rings. The highest BCUT2D eigenvalue weighted by atomic mass is 16.6. The van der Waals surface area contributed by atoms with E-state index in [-0.39, 0.29) is 31.1 Å². The van der Waals surface area contributed by atoms with E-state index in [1.54, 1.807) is 0 Å². The zero-order valence-corrected chi connectivity index (χ0v) is 52.6. The largest absolute Gasteiger partial charge is 0.462 e. The summed E-state index contributed by atoms with van der Waals surface area (Å²) in [6, 6.07) is 0. The first-order valence-electron chi connectivity index (χ1n) is 34.4. The minimum absolute atomic E-state index is 0.0720. The third-order valence-corrected chi connectivity index (χ3v) is 15.2. The molecule has 79 heavy (non-hydrogen) atoms. The van der Waals surface area contributed by atoms with Gasteiger partial charge in [-0.05, 0) is 89.9 Å². The number of carbonyl (C=O) groups excluding carboxylic acids is 3. The van der Waals surface area contributed by atoms with Gasteiger partial charge in [-0.15, -0.1) is 0 Å². The molecule has 458 valence electrons. The lowest BCUT2D eigenvalue weighted by atomic mass is 10.0. The van der Waals surface area contributed by atoms with E-state index in [4.69, 9.17) is 14.2 Å². The predicted octanol–water partition coefficient (Wildman–Crippen LogP) is 23.7. The number of unbranched alkanes of at least 4 members (excludes halogenated alkanes) is 40. The molecule has 0 rings (SSSR count). The van der Waals surface area contributed by atoms with Crippen LogP contribution in [0, 0.1) is 0 Å². The van der Waals surface area contributed by atoms with Crippen molar-refractivity contribution in [2.24, 2.45) is 0 Å². The van der Waals surface area contributed by atoms with E-state index in [0.29, 0.717) is 19.3 Å². The second kappa shape index (κ2) is 67.4. The average Bonchev–Trinajstić information content (AvgIpc) is 3.45. The number of rotatable bonds is 63. The maximum Gasteiger partial charge on any atom is 0.306 e. The summed E-state index contributed by atoms with van der Waals surface area (Å²) < 4.78 is 17.0. The summed E-state index contributed by atoms with van der Waals surface area (Å²) >= 11 is 0. The first kappa shape index (κ1) is 75.8. The van der Waals surface area contributed by atoms with E-state index in [1.165, 1.54) is 225 Å². The minimum Gasteiger partial charge on any atom is -0.462 e. The van der Waals surface area contributed by atoms with E-state index in [9.17, 15) is 14.4 Å². The zero-order valence-electron chi connectivity index (χ0n) is 52.6. The Hall–Kier alpha value is -3.15. The van der Waals surface area contributed by atoms with Gasteiger partial charge in [-0.3, -0.25) is 14.4 Å². The lowest BCUT2D eigenvalue weighted by Crippen LogP contribution is -2.30. The van der Waals surface area contributed by atoms with Gasteiger partial charge in [0.05, 0.1) is 0 Å². The van der Waals surface area contributed by atoms with Crippen LogP contribution in [-0.2, 0) is 28.6 Å². The summed E-state index contributed by atoms with van der Waals surface area (Å²) in [7, 11) is 0. The standard InChI is InChI=1S/C73H130O6/c1-4-7-10-13-16-19-22-24-26-28-30-32-34-35-36-37-39-40-42-44-46-48-51-54-57-60-63-66-72(75)78-69-70(68-77-71(74)65-62-59-56-53-50-21-18-15-12-9-6-3)79-73(76)67-64-61-58-55-52-49-47-45-43-41-38-33-31-29-27-25-23-20-17-14-11-8-5-2/h7,10,16,19,24,26,29-32,35-36,70H,4-6,8-9,11-15,17-18,20-23,25,27-28,33-34,37-69H2,1-3H3/b10-7-,19-16-,26-24-,31-29-,32-30-,36-35-. The Kier molecular flexibility index (Phi) is 64.7. The van der Waals surface area contributed by atoms with Crippen molar-refractivity contribution >= 4 is 17.9 Å². The molecule has 0 N–H and O–H groups in total. The van der Waals surface area contributed by atoms with Crippen LogP contribution in [0.4, 0.5) is 0 Å². The molecule has 0 aliphatic carbocycles. The summed E-state index contributed by atoms with van der Waals surface area (Å²) in [6.45, 7) is 6.57. The van der Waals surface area contributed by atoms with Crippen molar-refractivity contribution in [2.75, 3.05) is 13.2 Å². The van der Waals surface area contributed by atoms with Crippen molar-refractivity contribution in [3.63, 3.8) is 0 Å². The van der Waals surface area contributed by atoms with Crippen LogP contribution in [0.1, 0.15) is 355 Å². The van der Waals surface area contributed by atoms with Gasteiger partial charge in [0.25, 0.3) is 0 Å². The molecular weight excluding hydrogens is 973 g/mol. The fraction of sp³-hybridized carbons (Fsp3) is 0.795. The fourth-order valence-electron chi connectivity index (χ4n) is 10.1. The lowest BCUT2D eigenvalue weighted by Gasteiger charge is -2.18. The smallest absolute Gasteiger partial charge is 0.306 e. The van der Waals surface area contributed by atoms with Gasteiger partial charge in [0.2, 0.25) is 0 Å². The number of hydrogen-bond donors (Lipinski definition) is 0. The fourth-order valence-corrected chi connectivity index (χ4v) is 10.1. The summed E-state index contributed by atoms with van der Waals surface area (Å²) in [4.78, 5) is 38.3. The highest BCUT2D eigenvalue weighted by Crippen LogP contribution is 2.17. The van der Waals surface area contributed by atoms with Gasteiger partial charge in [0.1, 0.15) is 13.2 Å². The average molecular weight is 1100 g/mol. The zero-order chi connectivity index (χ0) is 57.1. The molecule has 0 aromatic carbocycles. The Morgan fingerprint density at radius 2 is 0.494 bits per heavy atom. The van der Waals surface area contributed by atoms with Gasteiger partial charge in [-0.2, -0.15) is 0 Å². The minimum atomic E-state index is -0.775. The molecule has 0 aliphatic heterocycles. The highest BCUT2D eigenvalue weighted by molar-refractivity contribution is 5.71. The molecule has 0 bridgehead atoms. The molecule has 0 spiro atoms. The molecular formula is C73H130O6. The van der Waals surface area contributed by atoms with Gasteiger partial charge in [0, 0.05) is 19.3 Å². The lowest BCUT2D eigenvalue weighted by molar-refractivity contribution is -0.167. The molecule has 0 amide bonds. The quantitative estimate of drug-likeness (QED) is 0.0261. The second-order valence-electron chi connectivity index (χ2n) is 23.1.